The Kier molecular flexibility index (Phi) is 5.25. The Balaban J connectivity index is 1.97. The van der Waals surface area contributed by atoms with Crippen molar-refractivity contribution in [3.63, 3.8) is 0 Å². The molecule has 1 aliphatic rings. The average molecular weight is 297 g/mol. The number of nitrogens with two attached hydrogens (primary N) is 1. The molecule has 0 saturated carbocycles. The summed E-state index contributed by atoms with van der Waals surface area (Å²) in [6, 6.07) is 7.60. The Bertz CT molecular complexity index is 508. The molecule has 20 heavy (non-hydrogen) atoms. The SMILES string of the molecule is NCCCS(=O)(=O)Nc1ccc(N2CCCCC2)cc1. The summed E-state index contributed by atoms with van der Waals surface area (Å²) >= 11 is 0. The van der Waals surface area contributed by atoms with Gasteiger partial charge in [-0.25, -0.2) is 8.42 Å². The van der Waals surface area contributed by atoms with Crippen molar-refractivity contribution < 1.29 is 8.42 Å². The smallest absolute Gasteiger partial charge is 0.232 e. The molecule has 0 bridgehead atoms. The minimum atomic E-state index is -3.28. The van der Waals surface area contributed by atoms with E-state index in [4.69, 9.17) is 5.73 Å². The lowest BCUT2D eigenvalue weighted by Crippen LogP contribution is -2.29. The van der Waals surface area contributed by atoms with Gasteiger partial charge in [0.25, 0.3) is 0 Å². The van der Waals surface area contributed by atoms with Crippen LogP contribution >= 0.6 is 0 Å². The lowest BCUT2D eigenvalue weighted by atomic mass is 10.1. The molecule has 0 aromatic heterocycles. The van der Waals surface area contributed by atoms with Crippen molar-refractivity contribution in [1.82, 2.24) is 0 Å². The molecule has 1 heterocycles. The molecule has 0 amide bonds. The van der Waals surface area contributed by atoms with E-state index in [2.05, 4.69) is 9.62 Å². The van der Waals surface area contributed by atoms with Crippen LogP contribution in [0.25, 0.3) is 0 Å². The molecule has 1 saturated heterocycles. The minimum absolute atomic E-state index is 0.0668. The van der Waals surface area contributed by atoms with Gasteiger partial charge in [0.15, 0.2) is 0 Å². The van der Waals surface area contributed by atoms with Crippen LogP contribution in [-0.2, 0) is 10.0 Å². The van der Waals surface area contributed by atoms with Crippen LogP contribution in [0.4, 0.5) is 11.4 Å². The van der Waals surface area contributed by atoms with E-state index in [1.54, 1.807) is 0 Å². The van der Waals surface area contributed by atoms with Crippen LogP contribution in [0, 0.1) is 0 Å². The number of piperidine rings is 1. The maximum absolute atomic E-state index is 11.8. The highest BCUT2D eigenvalue weighted by atomic mass is 32.2. The van der Waals surface area contributed by atoms with E-state index in [1.165, 1.54) is 19.3 Å². The summed E-state index contributed by atoms with van der Waals surface area (Å²) in [6.07, 6.45) is 4.23. The highest BCUT2D eigenvalue weighted by molar-refractivity contribution is 7.92. The van der Waals surface area contributed by atoms with E-state index in [0.29, 0.717) is 18.7 Å². The average Bonchev–Trinajstić information content (AvgIpc) is 2.46. The van der Waals surface area contributed by atoms with Gasteiger partial charge in [-0.3, -0.25) is 4.72 Å². The number of nitrogens with zero attached hydrogens (tertiary/aromatic N) is 1. The first kappa shape index (κ1) is 15.1. The molecular weight excluding hydrogens is 274 g/mol. The van der Waals surface area contributed by atoms with Crippen LogP contribution in [0.2, 0.25) is 0 Å². The predicted molar refractivity (Wildman–Crippen MR) is 83.6 cm³/mol. The standard InChI is InChI=1S/C14H23N3O2S/c15-9-4-12-20(18,19)16-13-5-7-14(8-6-13)17-10-2-1-3-11-17/h5-8,16H,1-4,9-12,15H2. The molecule has 3 N–H and O–H groups in total. The van der Waals surface area contributed by atoms with Gasteiger partial charge in [-0.1, -0.05) is 0 Å². The summed E-state index contributed by atoms with van der Waals surface area (Å²) in [5.41, 5.74) is 7.11. The quantitative estimate of drug-likeness (QED) is 0.839. The normalized spacial score (nSPS) is 16.1. The van der Waals surface area contributed by atoms with Crippen molar-refractivity contribution in [2.75, 3.05) is 35.0 Å². The zero-order valence-electron chi connectivity index (χ0n) is 11.7. The minimum Gasteiger partial charge on any atom is -0.372 e. The van der Waals surface area contributed by atoms with Crippen molar-refractivity contribution in [3.8, 4) is 0 Å². The van der Waals surface area contributed by atoms with Crippen LogP contribution in [0.1, 0.15) is 25.7 Å². The van der Waals surface area contributed by atoms with Gasteiger partial charge in [-0.15, -0.1) is 0 Å². The van der Waals surface area contributed by atoms with Gasteiger partial charge >= 0.3 is 0 Å². The predicted octanol–water partition coefficient (Wildman–Crippen LogP) is 1.77. The monoisotopic (exact) mass is 297 g/mol. The molecule has 0 aliphatic carbocycles. The Morgan fingerprint density at radius 2 is 1.75 bits per heavy atom. The number of sulfonamides is 1. The zero-order chi connectivity index (χ0) is 14.4. The van der Waals surface area contributed by atoms with Crippen LogP contribution < -0.4 is 15.4 Å². The second-order valence-electron chi connectivity index (χ2n) is 5.16. The fourth-order valence-electron chi connectivity index (χ4n) is 2.40. The maximum Gasteiger partial charge on any atom is 0.232 e. The van der Waals surface area contributed by atoms with Crippen molar-refractivity contribution in [1.29, 1.82) is 0 Å². The molecule has 0 atom stereocenters. The van der Waals surface area contributed by atoms with E-state index in [1.807, 2.05) is 24.3 Å². The van der Waals surface area contributed by atoms with Crippen LogP contribution in [0.15, 0.2) is 24.3 Å². The Morgan fingerprint density at radius 1 is 1.10 bits per heavy atom. The Hall–Kier alpha value is -1.27. The van der Waals surface area contributed by atoms with Gasteiger partial charge in [0, 0.05) is 24.5 Å². The molecule has 2 rings (SSSR count). The van der Waals surface area contributed by atoms with Gasteiger partial charge in [0.05, 0.1) is 5.75 Å². The molecule has 6 heteroatoms. The fourth-order valence-corrected chi connectivity index (χ4v) is 3.54. The molecule has 112 valence electrons. The molecule has 1 aromatic carbocycles. The summed E-state index contributed by atoms with van der Waals surface area (Å²) in [6.45, 7) is 2.55. The number of hydrogen-bond donors (Lipinski definition) is 2. The molecule has 5 nitrogen and oxygen atoms in total. The lowest BCUT2D eigenvalue weighted by molar-refractivity contribution is 0.578. The summed E-state index contributed by atoms with van der Waals surface area (Å²) in [5.74, 6) is 0.0668. The van der Waals surface area contributed by atoms with Gasteiger partial charge in [-0.05, 0) is 56.5 Å². The van der Waals surface area contributed by atoms with E-state index >= 15 is 0 Å². The summed E-state index contributed by atoms with van der Waals surface area (Å²) < 4.78 is 26.1. The second kappa shape index (κ2) is 6.95. The Morgan fingerprint density at radius 3 is 2.35 bits per heavy atom. The molecule has 1 fully saturated rings. The van der Waals surface area contributed by atoms with Gasteiger partial charge < -0.3 is 10.6 Å². The van der Waals surface area contributed by atoms with E-state index in [0.717, 1.165) is 18.8 Å². The molecular formula is C14H23N3O2S. The maximum atomic E-state index is 11.8. The lowest BCUT2D eigenvalue weighted by Gasteiger charge is -2.28. The first-order chi connectivity index (χ1) is 9.61. The van der Waals surface area contributed by atoms with Crippen molar-refractivity contribution in [2.45, 2.75) is 25.7 Å². The number of hydrogen-bond acceptors (Lipinski definition) is 4. The molecule has 0 radical (unpaired) electrons. The third-order valence-electron chi connectivity index (χ3n) is 3.48. The van der Waals surface area contributed by atoms with E-state index in [9.17, 15) is 8.42 Å². The number of benzene rings is 1. The molecule has 0 spiro atoms. The summed E-state index contributed by atoms with van der Waals surface area (Å²) in [5, 5.41) is 0. The first-order valence-electron chi connectivity index (χ1n) is 7.16. The van der Waals surface area contributed by atoms with Crippen LogP contribution in [-0.4, -0.2) is 33.8 Å². The summed E-state index contributed by atoms with van der Waals surface area (Å²) in [7, 11) is -3.28. The first-order valence-corrected chi connectivity index (χ1v) is 8.81. The van der Waals surface area contributed by atoms with E-state index < -0.39 is 10.0 Å². The van der Waals surface area contributed by atoms with Gasteiger partial charge in [-0.2, -0.15) is 0 Å². The Labute approximate surface area is 121 Å². The number of rotatable bonds is 6. The fraction of sp³-hybridized carbons (Fsp3) is 0.571. The number of anilines is 2. The number of nitrogens with one attached hydrogen (secondary N) is 1. The van der Waals surface area contributed by atoms with Crippen LogP contribution in [0.3, 0.4) is 0 Å². The van der Waals surface area contributed by atoms with Crippen molar-refractivity contribution >= 4 is 21.4 Å². The highest BCUT2D eigenvalue weighted by Gasteiger charge is 2.12. The topological polar surface area (TPSA) is 75.4 Å². The largest absolute Gasteiger partial charge is 0.372 e. The molecule has 0 unspecified atom stereocenters. The van der Waals surface area contributed by atoms with Crippen LogP contribution in [0.5, 0.6) is 0 Å². The third kappa shape index (κ3) is 4.38. The highest BCUT2D eigenvalue weighted by Crippen LogP contribution is 2.22. The van der Waals surface area contributed by atoms with Gasteiger partial charge in [0.2, 0.25) is 10.0 Å². The second-order valence-corrected chi connectivity index (χ2v) is 7.00. The van der Waals surface area contributed by atoms with Crippen molar-refractivity contribution in [2.24, 2.45) is 5.73 Å². The molecule has 1 aromatic rings. The third-order valence-corrected chi connectivity index (χ3v) is 4.85. The summed E-state index contributed by atoms with van der Waals surface area (Å²) in [4.78, 5) is 2.34. The molecule has 1 aliphatic heterocycles. The van der Waals surface area contributed by atoms with E-state index in [-0.39, 0.29) is 5.75 Å². The van der Waals surface area contributed by atoms with Gasteiger partial charge in [0.1, 0.15) is 0 Å². The van der Waals surface area contributed by atoms with Crippen molar-refractivity contribution in [3.05, 3.63) is 24.3 Å². The zero-order valence-corrected chi connectivity index (χ0v) is 12.5.